The average Bonchev–Trinajstić information content (AvgIpc) is 3.12. The van der Waals surface area contributed by atoms with E-state index in [-0.39, 0.29) is 17.0 Å². The highest BCUT2D eigenvalue weighted by Gasteiger charge is 2.50. The zero-order chi connectivity index (χ0) is 24.1. The molecule has 2 aliphatic heterocycles. The lowest BCUT2D eigenvalue weighted by molar-refractivity contribution is 0.249. The van der Waals surface area contributed by atoms with Crippen molar-refractivity contribution in [3.05, 3.63) is 82.8 Å². The van der Waals surface area contributed by atoms with Crippen molar-refractivity contribution in [3.63, 3.8) is 0 Å². The fourth-order valence-electron chi connectivity index (χ4n) is 5.15. The highest BCUT2D eigenvalue weighted by Crippen LogP contribution is 2.43. The van der Waals surface area contributed by atoms with Gasteiger partial charge in [-0.05, 0) is 73.2 Å². The van der Waals surface area contributed by atoms with Crippen LogP contribution in [0.3, 0.4) is 0 Å². The Morgan fingerprint density at radius 3 is 1.85 bits per heavy atom. The van der Waals surface area contributed by atoms with Crippen molar-refractivity contribution < 1.29 is 16.8 Å². The van der Waals surface area contributed by atoms with E-state index in [1.807, 2.05) is 6.07 Å². The third kappa shape index (κ3) is 4.18. The number of rotatable bonds is 5. The van der Waals surface area contributed by atoms with Crippen molar-refractivity contribution in [1.29, 1.82) is 0 Å². The van der Waals surface area contributed by atoms with Gasteiger partial charge >= 0.3 is 0 Å². The molecule has 2 fully saturated rings. The van der Waals surface area contributed by atoms with Crippen LogP contribution < -0.4 is 0 Å². The van der Waals surface area contributed by atoms with Crippen LogP contribution >= 0.6 is 23.2 Å². The van der Waals surface area contributed by atoms with E-state index in [4.69, 9.17) is 23.2 Å². The van der Waals surface area contributed by atoms with Gasteiger partial charge in [0.1, 0.15) is 0 Å². The van der Waals surface area contributed by atoms with Crippen LogP contribution in [0, 0.1) is 0 Å². The van der Waals surface area contributed by atoms with Crippen molar-refractivity contribution in [3.8, 4) is 11.1 Å². The molecular weight excluding hydrogens is 513 g/mol. The van der Waals surface area contributed by atoms with Gasteiger partial charge in [0.05, 0.1) is 25.1 Å². The third-order valence-corrected chi connectivity index (χ3v) is 11.8. The number of nitrogens with zero attached hydrogens (tertiary/aromatic N) is 1. The number of fused-ring (bicyclic) bond motifs is 2. The Labute approximate surface area is 210 Å². The summed E-state index contributed by atoms with van der Waals surface area (Å²) in [5, 5.41) is 0.314. The molecule has 0 radical (unpaired) electrons. The fraction of sp³-hybridized carbons (Fsp3) is 0.280. The Morgan fingerprint density at radius 1 is 0.676 bits per heavy atom. The van der Waals surface area contributed by atoms with Crippen LogP contribution in [0.1, 0.15) is 25.7 Å². The number of sulfone groups is 1. The van der Waals surface area contributed by atoms with Crippen LogP contribution in [0.4, 0.5) is 0 Å². The summed E-state index contributed by atoms with van der Waals surface area (Å²) in [5.74, 6) is 0. The SMILES string of the molecule is O=S(=O)(c1ccccc1)C1CC2CCC(C1)N2S(=O)(=O)c1ccc(-c2ccc(Cl)c(Cl)c2)cc1. The van der Waals surface area contributed by atoms with Crippen LogP contribution in [0.2, 0.25) is 10.0 Å². The second-order valence-electron chi connectivity index (χ2n) is 8.82. The standard InChI is InChI=1S/C25H23Cl2NO4S2/c26-24-13-8-18(14-25(24)27)17-6-11-22(12-7-17)34(31,32)28-19-9-10-20(28)16-23(15-19)33(29,30)21-4-2-1-3-5-21/h1-8,11-14,19-20,23H,9-10,15-16H2. The zero-order valence-corrected chi connectivity index (χ0v) is 21.3. The Hall–Kier alpha value is -1.90. The van der Waals surface area contributed by atoms with Gasteiger partial charge in [0.25, 0.3) is 0 Å². The molecule has 2 bridgehead atoms. The van der Waals surface area contributed by atoms with Crippen LogP contribution in [0.15, 0.2) is 82.6 Å². The Morgan fingerprint density at radius 2 is 1.26 bits per heavy atom. The van der Waals surface area contributed by atoms with Crippen molar-refractivity contribution in [2.24, 2.45) is 0 Å². The summed E-state index contributed by atoms with van der Waals surface area (Å²) in [6.07, 6.45) is 1.97. The topological polar surface area (TPSA) is 71.5 Å². The van der Waals surface area contributed by atoms with E-state index in [0.29, 0.717) is 40.6 Å². The minimum atomic E-state index is -3.75. The molecule has 0 N–H and O–H groups in total. The molecule has 0 aliphatic carbocycles. The first-order valence-electron chi connectivity index (χ1n) is 11.1. The molecule has 2 heterocycles. The first kappa shape index (κ1) is 23.8. The fourth-order valence-corrected chi connectivity index (χ4v) is 9.21. The molecule has 178 valence electrons. The largest absolute Gasteiger partial charge is 0.243 e. The summed E-state index contributed by atoms with van der Waals surface area (Å²) >= 11 is 12.1. The van der Waals surface area contributed by atoms with Crippen molar-refractivity contribution in [2.45, 2.75) is 52.8 Å². The lowest BCUT2D eigenvalue weighted by atomic mass is 10.1. The van der Waals surface area contributed by atoms with E-state index in [1.54, 1.807) is 71.0 Å². The predicted molar refractivity (Wildman–Crippen MR) is 134 cm³/mol. The first-order valence-corrected chi connectivity index (χ1v) is 14.8. The van der Waals surface area contributed by atoms with Gasteiger partial charge in [-0.25, -0.2) is 16.8 Å². The number of hydrogen-bond donors (Lipinski definition) is 0. The highest BCUT2D eigenvalue weighted by atomic mass is 35.5. The minimum absolute atomic E-state index is 0.206. The van der Waals surface area contributed by atoms with Crippen molar-refractivity contribution in [1.82, 2.24) is 4.31 Å². The highest BCUT2D eigenvalue weighted by molar-refractivity contribution is 7.92. The maximum atomic E-state index is 13.6. The van der Waals surface area contributed by atoms with Crippen molar-refractivity contribution in [2.75, 3.05) is 0 Å². The van der Waals surface area contributed by atoms with Crippen LogP contribution in [0.5, 0.6) is 0 Å². The van der Waals surface area contributed by atoms with E-state index in [0.717, 1.165) is 11.1 Å². The van der Waals surface area contributed by atoms with Crippen LogP contribution in [0.25, 0.3) is 11.1 Å². The molecule has 3 aromatic rings. The predicted octanol–water partition coefficient (Wildman–Crippen LogP) is 5.82. The number of halogens is 2. The van der Waals surface area contributed by atoms with E-state index in [2.05, 4.69) is 0 Å². The third-order valence-electron chi connectivity index (χ3n) is 6.82. The summed E-state index contributed by atoms with van der Waals surface area (Å²) in [6.45, 7) is 0. The van der Waals surface area contributed by atoms with Gasteiger partial charge in [-0.1, -0.05) is 59.6 Å². The lowest BCUT2D eigenvalue weighted by Crippen LogP contribution is -2.49. The zero-order valence-electron chi connectivity index (χ0n) is 18.1. The quantitative estimate of drug-likeness (QED) is 0.412. The van der Waals surface area contributed by atoms with Crippen molar-refractivity contribution >= 4 is 43.1 Å². The molecule has 3 aromatic carbocycles. The number of hydrogen-bond acceptors (Lipinski definition) is 4. The summed E-state index contributed by atoms with van der Waals surface area (Å²) in [5.41, 5.74) is 1.67. The molecule has 2 atom stereocenters. The molecule has 2 saturated heterocycles. The van der Waals surface area contributed by atoms with Gasteiger partial charge < -0.3 is 0 Å². The second kappa shape index (κ2) is 8.95. The van der Waals surface area contributed by atoms with E-state index in [9.17, 15) is 16.8 Å². The van der Waals surface area contributed by atoms with Gasteiger partial charge in [0.2, 0.25) is 10.0 Å². The average molecular weight is 537 g/mol. The van der Waals surface area contributed by atoms with Gasteiger partial charge in [-0.15, -0.1) is 0 Å². The van der Waals surface area contributed by atoms with E-state index >= 15 is 0 Å². The molecule has 2 unspecified atom stereocenters. The first-order chi connectivity index (χ1) is 16.2. The van der Waals surface area contributed by atoms with Gasteiger partial charge in [0.15, 0.2) is 9.84 Å². The van der Waals surface area contributed by atoms with Crippen LogP contribution in [-0.2, 0) is 19.9 Å². The number of piperidine rings is 1. The Kier molecular flexibility index (Phi) is 6.27. The summed E-state index contributed by atoms with van der Waals surface area (Å²) in [7, 11) is -7.26. The molecule has 34 heavy (non-hydrogen) atoms. The Balaban J connectivity index is 1.39. The molecular formula is C25H23Cl2NO4S2. The Bertz CT molecular complexity index is 1410. The number of benzene rings is 3. The van der Waals surface area contributed by atoms with Gasteiger partial charge in [0, 0.05) is 12.1 Å². The maximum absolute atomic E-state index is 13.6. The van der Waals surface area contributed by atoms with Gasteiger partial charge in [-0.3, -0.25) is 0 Å². The van der Waals surface area contributed by atoms with Crippen LogP contribution in [-0.4, -0.2) is 38.5 Å². The molecule has 5 rings (SSSR count). The summed E-state index contributed by atoms with van der Waals surface area (Å²) in [4.78, 5) is 0.506. The summed E-state index contributed by atoms with van der Waals surface area (Å²) < 4.78 is 55.0. The molecule has 0 amide bonds. The minimum Gasteiger partial charge on any atom is -0.223 e. The van der Waals surface area contributed by atoms with Gasteiger partial charge in [-0.2, -0.15) is 4.31 Å². The molecule has 0 saturated carbocycles. The molecule has 2 aliphatic rings. The van der Waals surface area contributed by atoms with E-state index < -0.39 is 25.1 Å². The monoisotopic (exact) mass is 535 g/mol. The normalized spacial score (nSPS) is 23.2. The smallest absolute Gasteiger partial charge is 0.223 e. The molecule has 5 nitrogen and oxygen atoms in total. The molecule has 0 aromatic heterocycles. The molecule has 9 heteroatoms. The number of sulfonamides is 1. The maximum Gasteiger partial charge on any atom is 0.243 e. The molecule has 0 spiro atoms. The van der Waals surface area contributed by atoms with E-state index in [1.165, 1.54) is 0 Å². The summed E-state index contributed by atoms with van der Waals surface area (Å²) in [6, 6.07) is 19.8. The lowest BCUT2D eigenvalue weighted by Gasteiger charge is -2.37. The second-order valence-corrected chi connectivity index (χ2v) is 13.7.